The Morgan fingerprint density at radius 3 is 2.74 bits per heavy atom. The molecule has 1 fully saturated rings. The minimum atomic E-state index is -1.34. The highest BCUT2D eigenvalue weighted by Gasteiger charge is 2.35. The van der Waals surface area contributed by atoms with Gasteiger partial charge in [0, 0.05) is 6.07 Å². The molecule has 0 aliphatic carbocycles. The third-order valence-electron chi connectivity index (χ3n) is 2.74. The summed E-state index contributed by atoms with van der Waals surface area (Å²) < 4.78 is 15.9. The predicted octanol–water partition coefficient (Wildman–Crippen LogP) is 1.32. The number of pyridine rings is 1. The lowest BCUT2D eigenvalue weighted by atomic mass is 10.2. The minimum Gasteiger partial charge on any atom is -0.503 e. The number of hydrogen-bond donors (Lipinski definition) is 2. The topological polar surface area (TPSA) is 98.1 Å². The Bertz CT molecular complexity index is 513. The Balaban J connectivity index is 2.42. The molecule has 2 heterocycles. The summed E-state index contributed by atoms with van der Waals surface area (Å²) in [6, 6.07) is 1.44. The number of ether oxygens (including phenoxy) is 3. The first-order valence-corrected chi connectivity index (χ1v) is 5.67. The quantitative estimate of drug-likeness (QED) is 0.853. The molecule has 7 heteroatoms. The third kappa shape index (κ3) is 2.61. The first-order chi connectivity index (χ1) is 8.84. The molecule has 0 aromatic carbocycles. The van der Waals surface area contributed by atoms with Crippen molar-refractivity contribution in [2.45, 2.75) is 25.7 Å². The highest BCUT2D eigenvalue weighted by Crippen LogP contribution is 2.36. The largest absolute Gasteiger partial charge is 0.503 e. The molecule has 2 rings (SSSR count). The number of aromatic nitrogens is 1. The van der Waals surface area contributed by atoms with Gasteiger partial charge in [-0.25, -0.2) is 9.78 Å². The van der Waals surface area contributed by atoms with Gasteiger partial charge in [0.25, 0.3) is 0 Å². The Morgan fingerprint density at radius 2 is 2.26 bits per heavy atom. The Labute approximate surface area is 109 Å². The number of methoxy groups -OCH3 is 1. The third-order valence-corrected chi connectivity index (χ3v) is 2.74. The van der Waals surface area contributed by atoms with Crippen LogP contribution >= 0.6 is 0 Å². The summed E-state index contributed by atoms with van der Waals surface area (Å²) in [6.07, 6.45) is -0.498. The van der Waals surface area contributed by atoms with Crippen LogP contribution in [0.2, 0.25) is 0 Å². The van der Waals surface area contributed by atoms with Crippen LogP contribution in [0.3, 0.4) is 0 Å². The van der Waals surface area contributed by atoms with Crippen LogP contribution in [0.4, 0.5) is 0 Å². The average Bonchev–Trinajstić information content (AvgIpc) is 2.69. The van der Waals surface area contributed by atoms with Gasteiger partial charge in [-0.1, -0.05) is 0 Å². The molecule has 7 nitrogen and oxygen atoms in total. The van der Waals surface area contributed by atoms with Crippen LogP contribution in [0, 0.1) is 0 Å². The van der Waals surface area contributed by atoms with Gasteiger partial charge in [0.05, 0.1) is 19.4 Å². The van der Waals surface area contributed by atoms with Gasteiger partial charge in [-0.05, 0) is 13.8 Å². The van der Waals surface area contributed by atoms with E-state index in [1.165, 1.54) is 13.2 Å². The van der Waals surface area contributed by atoms with Crippen LogP contribution in [0.25, 0.3) is 0 Å². The average molecular weight is 269 g/mol. The Morgan fingerprint density at radius 1 is 1.58 bits per heavy atom. The van der Waals surface area contributed by atoms with Crippen LogP contribution in [0.5, 0.6) is 11.5 Å². The fraction of sp³-hybridized carbons (Fsp3) is 0.500. The molecular weight excluding hydrogens is 254 g/mol. The second-order valence-electron chi connectivity index (χ2n) is 4.57. The molecule has 104 valence electrons. The van der Waals surface area contributed by atoms with Gasteiger partial charge in [-0.15, -0.1) is 0 Å². The molecule has 1 aliphatic heterocycles. The number of carbonyl (C=O) groups is 1. The first kappa shape index (κ1) is 13.6. The van der Waals surface area contributed by atoms with Crippen molar-refractivity contribution >= 4 is 5.97 Å². The summed E-state index contributed by atoms with van der Waals surface area (Å²) in [5.74, 6) is -2.55. The predicted molar refractivity (Wildman–Crippen MR) is 63.3 cm³/mol. The smallest absolute Gasteiger partial charge is 0.358 e. The van der Waals surface area contributed by atoms with Crippen molar-refractivity contribution in [2.75, 3.05) is 13.7 Å². The van der Waals surface area contributed by atoms with E-state index in [9.17, 15) is 9.90 Å². The van der Waals surface area contributed by atoms with Gasteiger partial charge in [0.1, 0.15) is 6.10 Å². The molecule has 1 unspecified atom stereocenters. The van der Waals surface area contributed by atoms with Gasteiger partial charge < -0.3 is 24.4 Å². The van der Waals surface area contributed by atoms with Crippen molar-refractivity contribution in [1.29, 1.82) is 0 Å². The van der Waals surface area contributed by atoms with Gasteiger partial charge in [-0.2, -0.15) is 0 Å². The summed E-state index contributed by atoms with van der Waals surface area (Å²) in [4.78, 5) is 14.9. The molecule has 0 amide bonds. The van der Waals surface area contributed by atoms with Crippen molar-refractivity contribution in [2.24, 2.45) is 0 Å². The molecule has 0 bridgehead atoms. The molecule has 0 saturated carbocycles. The molecule has 1 atom stereocenters. The van der Waals surface area contributed by atoms with Crippen LogP contribution in [0.15, 0.2) is 6.07 Å². The number of aromatic hydroxyl groups is 1. The summed E-state index contributed by atoms with van der Waals surface area (Å²) in [6.45, 7) is 3.76. The van der Waals surface area contributed by atoms with Gasteiger partial charge >= 0.3 is 5.97 Å². The van der Waals surface area contributed by atoms with E-state index in [0.29, 0.717) is 5.69 Å². The Kier molecular flexibility index (Phi) is 3.34. The van der Waals surface area contributed by atoms with E-state index >= 15 is 0 Å². The van der Waals surface area contributed by atoms with Crippen molar-refractivity contribution in [3.8, 4) is 11.5 Å². The molecule has 1 saturated heterocycles. The summed E-state index contributed by atoms with van der Waals surface area (Å²) >= 11 is 0. The molecule has 19 heavy (non-hydrogen) atoms. The number of aromatic carboxylic acids is 1. The normalized spacial score (nSPS) is 21.3. The summed E-state index contributed by atoms with van der Waals surface area (Å²) in [7, 11) is 1.33. The van der Waals surface area contributed by atoms with E-state index in [-0.39, 0.29) is 12.4 Å². The number of hydrogen-bond acceptors (Lipinski definition) is 6. The highest BCUT2D eigenvalue weighted by molar-refractivity contribution is 5.89. The zero-order chi connectivity index (χ0) is 14.2. The van der Waals surface area contributed by atoms with Crippen LogP contribution in [-0.2, 0) is 9.47 Å². The number of carboxylic acids is 1. The lowest BCUT2D eigenvalue weighted by Crippen LogP contribution is -2.20. The maximum atomic E-state index is 11.0. The monoisotopic (exact) mass is 269 g/mol. The maximum absolute atomic E-state index is 11.0. The number of rotatable bonds is 3. The molecular formula is C12H15NO6. The van der Waals surface area contributed by atoms with Crippen LogP contribution in [-0.4, -0.2) is 40.7 Å². The van der Waals surface area contributed by atoms with E-state index < -0.39 is 29.3 Å². The fourth-order valence-electron chi connectivity index (χ4n) is 1.84. The van der Waals surface area contributed by atoms with Crippen molar-refractivity contribution in [3.05, 3.63) is 17.5 Å². The van der Waals surface area contributed by atoms with E-state index in [1.54, 1.807) is 13.8 Å². The van der Waals surface area contributed by atoms with Crippen LogP contribution < -0.4 is 4.74 Å². The molecule has 0 spiro atoms. The lowest BCUT2D eigenvalue weighted by molar-refractivity contribution is -0.139. The standard InChI is InChI=1S/C12H15NO6/c1-12(2)18-5-8(19-12)6-4-7(17-3)10(14)9(13-6)11(15)16/h4,8,14H,5H2,1-3H3,(H,15,16). The van der Waals surface area contributed by atoms with Gasteiger partial charge in [0.15, 0.2) is 23.0 Å². The Hall–Kier alpha value is -1.86. The second kappa shape index (κ2) is 4.67. The van der Waals surface area contributed by atoms with Crippen LogP contribution in [0.1, 0.15) is 36.1 Å². The van der Waals surface area contributed by atoms with E-state index in [2.05, 4.69) is 4.98 Å². The van der Waals surface area contributed by atoms with E-state index in [1.807, 2.05) is 0 Å². The molecule has 1 aliphatic rings. The maximum Gasteiger partial charge on any atom is 0.358 e. The zero-order valence-corrected chi connectivity index (χ0v) is 10.8. The SMILES string of the molecule is COc1cc(C2COC(C)(C)O2)nc(C(=O)O)c1O. The lowest BCUT2D eigenvalue weighted by Gasteiger charge is -2.17. The summed E-state index contributed by atoms with van der Waals surface area (Å²) in [5.41, 5.74) is -0.125. The summed E-state index contributed by atoms with van der Waals surface area (Å²) in [5, 5.41) is 18.7. The van der Waals surface area contributed by atoms with E-state index in [4.69, 9.17) is 19.3 Å². The van der Waals surface area contributed by atoms with Crippen molar-refractivity contribution in [3.63, 3.8) is 0 Å². The fourth-order valence-corrected chi connectivity index (χ4v) is 1.84. The van der Waals surface area contributed by atoms with Gasteiger partial charge in [0.2, 0.25) is 0 Å². The zero-order valence-electron chi connectivity index (χ0n) is 10.8. The molecule has 1 aromatic rings. The minimum absolute atomic E-state index is 0.0377. The van der Waals surface area contributed by atoms with Crippen molar-refractivity contribution < 1.29 is 29.2 Å². The first-order valence-electron chi connectivity index (χ1n) is 5.67. The highest BCUT2D eigenvalue weighted by atomic mass is 16.7. The molecule has 1 aromatic heterocycles. The molecule has 2 N–H and O–H groups in total. The van der Waals surface area contributed by atoms with E-state index in [0.717, 1.165) is 0 Å². The van der Waals surface area contributed by atoms with Gasteiger partial charge in [-0.3, -0.25) is 0 Å². The second-order valence-corrected chi connectivity index (χ2v) is 4.57. The van der Waals surface area contributed by atoms with Crippen molar-refractivity contribution in [1.82, 2.24) is 4.98 Å². The number of carboxylic acid groups (broad SMARTS) is 1. The number of nitrogens with zero attached hydrogens (tertiary/aromatic N) is 1. The molecule has 0 radical (unpaired) electrons.